The van der Waals surface area contributed by atoms with Gasteiger partial charge >= 0.3 is 0 Å². The SMILES string of the molecule is c1ccc(C(Nc2nccs2)c2ccccc2)cc1. The van der Waals surface area contributed by atoms with E-state index in [1.165, 1.54) is 11.1 Å². The fourth-order valence-corrected chi connectivity index (χ4v) is 2.63. The van der Waals surface area contributed by atoms with E-state index in [0.717, 1.165) is 5.13 Å². The van der Waals surface area contributed by atoms with Crippen LogP contribution in [0.4, 0.5) is 5.13 Å². The molecule has 0 spiro atoms. The molecule has 0 unspecified atom stereocenters. The van der Waals surface area contributed by atoms with Gasteiger partial charge in [-0.1, -0.05) is 60.7 Å². The molecule has 2 nitrogen and oxygen atoms in total. The monoisotopic (exact) mass is 266 g/mol. The zero-order valence-corrected chi connectivity index (χ0v) is 11.2. The lowest BCUT2D eigenvalue weighted by molar-refractivity contribution is 0.935. The van der Waals surface area contributed by atoms with Crippen molar-refractivity contribution in [3.63, 3.8) is 0 Å². The number of nitrogens with zero attached hydrogens (tertiary/aromatic N) is 1. The van der Waals surface area contributed by atoms with Crippen molar-refractivity contribution in [3.8, 4) is 0 Å². The molecule has 0 saturated carbocycles. The summed E-state index contributed by atoms with van der Waals surface area (Å²) in [6.07, 6.45) is 1.82. The molecule has 0 bridgehead atoms. The maximum absolute atomic E-state index is 4.31. The second-order valence-corrected chi connectivity index (χ2v) is 5.13. The quantitative estimate of drug-likeness (QED) is 0.759. The molecule has 0 fully saturated rings. The maximum Gasteiger partial charge on any atom is 0.183 e. The van der Waals surface area contributed by atoms with Gasteiger partial charge in [0.15, 0.2) is 5.13 Å². The molecule has 3 rings (SSSR count). The summed E-state index contributed by atoms with van der Waals surface area (Å²) in [6.45, 7) is 0. The van der Waals surface area contributed by atoms with Gasteiger partial charge in [0.2, 0.25) is 0 Å². The van der Waals surface area contributed by atoms with Crippen LogP contribution in [-0.4, -0.2) is 4.98 Å². The largest absolute Gasteiger partial charge is 0.351 e. The smallest absolute Gasteiger partial charge is 0.183 e. The van der Waals surface area contributed by atoms with E-state index in [0.29, 0.717) is 0 Å². The van der Waals surface area contributed by atoms with Crippen LogP contribution < -0.4 is 5.32 Å². The highest BCUT2D eigenvalue weighted by molar-refractivity contribution is 7.13. The van der Waals surface area contributed by atoms with Gasteiger partial charge in [0.05, 0.1) is 6.04 Å². The summed E-state index contributed by atoms with van der Waals surface area (Å²) >= 11 is 1.62. The van der Waals surface area contributed by atoms with Crippen molar-refractivity contribution in [2.45, 2.75) is 6.04 Å². The Morgan fingerprint density at radius 3 is 1.89 bits per heavy atom. The first-order chi connectivity index (χ1) is 9.43. The minimum atomic E-state index is 0.133. The predicted octanol–water partition coefficient (Wildman–Crippen LogP) is 4.34. The first-order valence-electron chi connectivity index (χ1n) is 6.19. The number of hydrogen-bond donors (Lipinski definition) is 1. The van der Waals surface area contributed by atoms with Gasteiger partial charge in [-0.15, -0.1) is 11.3 Å². The molecule has 1 N–H and O–H groups in total. The Morgan fingerprint density at radius 2 is 1.42 bits per heavy atom. The average Bonchev–Trinajstić information content (AvgIpc) is 3.00. The number of aromatic nitrogens is 1. The van der Waals surface area contributed by atoms with Crippen LogP contribution in [0.25, 0.3) is 0 Å². The van der Waals surface area contributed by atoms with Crippen LogP contribution in [0.15, 0.2) is 72.2 Å². The molecule has 0 atom stereocenters. The van der Waals surface area contributed by atoms with Gasteiger partial charge in [-0.2, -0.15) is 0 Å². The van der Waals surface area contributed by atoms with Crippen LogP contribution in [-0.2, 0) is 0 Å². The van der Waals surface area contributed by atoms with Crippen LogP contribution in [0.1, 0.15) is 17.2 Å². The van der Waals surface area contributed by atoms with Gasteiger partial charge in [-0.3, -0.25) is 0 Å². The lowest BCUT2D eigenvalue weighted by Crippen LogP contribution is -2.11. The van der Waals surface area contributed by atoms with Crippen LogP contribution in [0.5, 0.6) is 0 Å². The first kappa shape index (κ1) is 11.9. The van der Waals surface area contributed by atoms with E-state index in [1.54, 1.807) is 11.3 Å². The summed E-state index contributed by atoms with van der Waals surface area (Å²) < 4.78 is 0. The Bertz CT molecular complexity index is 566. The number of rotatable bonds is 4. The Hall–Kier alpha value is -2.13. The lowest BCUT2D eigenvalue weighted by atomic mass is 9.99. The van der Waals surface area contributed by atoms with Crippen LogP contribution in [0.2, 0.25) is 0 Å². The van der Waals surface area contributed by atoms with Gasteiger partial charge in [0.25, 0.3) is 0 Å². The van der Waals surface area contributed by atoms with E-state index >= 15 is 0 Å². The van der Waals surface area contributed by atoms with Gasteiger partial charge in [-0.05, 0) is 11.1 Å². The normalized spacial score (nSPS) is 10.6. The minimum Gasteiger partial charge on any atom is -0.351 e. The van der Waals surface area contributed by atoms with Crippen LogP contribution in [0, 0.1) is 0 Å². The summed E-state index contributed by atoms with van der Waals surface area (Å²) in [5.74, 6) is 0. The predicted molar refractivity (Wildman–Crippen MR) is 80.5 cm³/mol. The minimum absolute atomic E-state index is 0.133. The first-order valence-corrected chi connectivity index (χ1v) is 7.07. The Labute approximate surface area is 116 Å². The molecule has 2 aromatic carbocycles. The molecule has 0 amide bonds. The van der Waals surface area contributed by atoms with E-state index in [2.05, 4.69) is 58.8 Å². The van der Waals surface area contributed by atoms with Gasteiger partial charge in [0.1, 0.15) is 0 Å². The van der Waals surface area contributed by atoms with E-state index < -0.39 is 0 Å². The van der Waals surface area contributed by atoms with Gasteiger partial charge in [0, 0.05) is 11.6 Å². The molecule has 94 valence electrons. The summed E-state index contributed by atoms with van der Waals surface area (Å²) in [4.78, 5) is 4.31. The molecule has 0 radical (unpaired) electrons. The fourth-order valence-electron chi connectivity index (χ4n) is 2.07. The highest BCUT2D eigenvalue weighted by Crippen LogP contribution is 2.27. The summed E-state index contributed by atoms with van der Waals surface area (Å²) in [5.41, 5.74) is 2.48. The zero-order valence-electron chi connectivity index (χ0n) is 10.4. The van der Waals surface area contributed by atoms with Crippen LogP contribution >= 0.6 is 11.3 Å². The van der Waals surface area contributed by atoms with E-state index in [9.17, 15) is 0 Å². The second kappa shape index (κ2) is 5.67. The standard InChI is InChI=1S/C16H14N2S/c1-3-7-13(8-4-1)15(14-9-5-2-6-10-14)18-16-17-11-12-19-16/h1-12,15H,(H,17,18). The maximum atomic E-state index is 4.31. The third-order valence-electron chi connectivity index (χ3n) is 2.97. The Morgan fingerprint density at radius 1 is 0.842 bits per heavy atom. The van der Waals surface area contributed by atoms with Gasteiger partial charge in [-0.25, -0.2) is 4.98 Å². The highest BCUT2D eigenvalue weighted by atomic mass is 32.1. The molecule has 0 aliphatic carbocycles. The van der Waals surface area contributed by atoms with Crippen LogP contribution in [0.3, 0.4) is 0 Å². The number of hydrogen-bond acceptors (Lipinski definition) is 3. The molecule has 0 aliphatic rings. The molecule has 1 heterocycles. The van der Waals surface area contributed by atoms with Crippen molar-refractivity contribution in [2.24, 2.45) is 0 Å². The highest BCUT2D eigenvalue weighted by Gasteiger charge is 2.14. The van der Waals surface area contributed by atoms with Crippen molar-refractivity contribution in [1.29, 1.82) is 0 Å². The topological polar surface area (TPSA) is 24.9 Å². The van der Waals surface area contributed by atoms with E-state index in [-0.39, 0.29) is 6.04 Å². The molecule has 3 heteroatoms. The third-order valence-corrected chi connectivity index (χ3v) is 3.67. The lowest BCUT2D eigenvalue weighted by Gasteiger charge is -2.19. The Kier molecular flexibility index (Phi) is 3.56. The number of thiazole rings is 1. The molecule has 0 aliphatic heterocycles. The molecule has 1 aromatic heterocycles. The van der Waals surface area contributed by atoms with Crippen molar-refractivity contribution in [2.75, 3.05) is 5.32 Å². The summed E-state index contributed by atoms with van der Waals surface area (Å²) in [7, 11) is 0. The fraction of sp³-hybridized carbons (Fsp3) is 0.0625. The molecular formula is C16H14N2S. The summed E-state index contributed by atoms with van der Waals surface area (Å²) in [6, 6.07) is 21.0. The van der Waals surface area contributed by atoms with E-state index in [4.69, 9.17) is 0 Å². The molecule has 3 aromatic rings. The molecule has 0 saturated heterocycles. The van der Waals surface area contributed by atoms with Crippen molar-refractivity contribution in [1.82, 2.24) is 4.98 Å². The third kappa shape index (κ3) is 2.83. The molecule has 19 heavy (non-hydrogen) atoms. The number of benzene rings is 2. The van der Waals surface area contributed by atoms with Crippen molar-refractivity contribution < 1.29 is 0 Å². The van der Waals surface area contributed by atoms with Crippen molar-refractivity contribution >= 4 is 16.5 Å². The Balaban J connectivity index is 1.96. The second-order valence-electron chi connectivity index (χ2n) is 4.24. The van der Waals surface area contributed by atoms with Gasteiger partial charge < -0.3 is 5.32 Å². The van der Waals surface area contributed by atoms with Crippen molar-refractivity contribution in [3.05, 3.63) is 83.4 Å². The van der Waals surface area contributed by atoms with E-state index in [1.807, 2.05) is 23.7 Å². The zero-order chi connectivity index (χ0) is 12.9. The average molecular weight is 266 g/mol. The number of nitrogens with one attached hydrogen (secondary N) is 1. The molecular weight excluding hydrogens is 252 g/mol. The summed E-state index contributed by atoms with van der Waals surface area (Å²) in [5, 5.41) is 6.42. The number of anilines is 1.